The Kier molecular flexibility index (Phi) is 4.99. The zero-order chi connectivity index (χ0) is 17.8. The van der Waals surface area contributed by atoms with Crippen LogP contribution in [-0.4, -0.2) is 28.0 Å². The second-order valence-corrected chi connectivity index (χ2v) is 6.21. The van der Waals surface area contributed by atoms with E-state index in [1.54, 1.807) is 31.4 Å². The predicted molar refractivity (Wildman–Crippen MR) is 98.6 cm³/mol. The van der Waals surface area contributed by atoms with Crippen molar-refractivity contribution in [1.29, 1.82) is 0 Å². The summed E-state index contributed by atoms with van der Waals surface area (Å²) in [5, 5.41) is 10.6. The van der Waals surface area contributed by atoms with Crippen molar-refractivity contribution in [2.45, 2.75) is 6.54 Å². The summed E-state index contributed by atoms with van der Waals surface area (Å²) in [6, 6.07) is 14.8. The number of nitrogen functional groups attached to an aromatic ring is 1. The van der Waals surface area contributed by atoms with E-state index < -0.39 is 5.91 Å². The molecule has 0 aliphatic heterocycles. The molecule has 0 radical (unpaired) electrons. The summed E-state index contributed by atoms with van der Waals surface area (Å²) in [7, 11) is 1.56. The number of carbonyl (C=O) groups is 1. The highest BCUT2D eigenvalue weighted by molar-refractivity contribution is 9.10. The highest BCUT2D eigenvalue weighted by Gasteiger charge is 2.18. The standard InChI is InChI=1S/C17H16BrN5O2/c1-25-14-4-2-3-13(9-14)20-17(24)15-16(19)23(22-21-15)10-11-5-7-12(18)8-6-11/h2-9H,10,19H2,1H3,(H,20,24). The molecule has 3 N–H and O–H groups in total. The average molecular weight is 402 g/mol. The van der Waals surface area contributed by atoms with Crippen molar-refractivity contribution in [2.75, 3.05) is 18.2 Å². The molecule has 25 heavy (non-hydrogen) atoms. The number of hydrogen-bond acceptors (Lipinski definition) is 5. The van der Waals surface area contributed by atoms with E-state index in [0.717, 1.165) is 10.0 Å². The van der Waals surface area contributed by atoms with Gasteiger partial charge in [0.25, 0.3) is 5.91 Å². The smallest absolute Gasteiger partial charge is 0.280 e. The van der Waals surface area contributed by atoms with Crippen LogP contribution >= 0.6 is 15.9 Å². The molecule has 0 atom stereocenters. The molecule has 0 aliphatic rings. The number of nitrogens with zero attached hydrogens (tertiary/aromatic N) is 3. The monoisotopic (exact) mass is 401 g/mol. The molecule has 3 rings (SSSR count). The van der Waals surface area contributed by atoms with Crippen LogP contribution in [-0.2, 0) is 6.54 Å². The first-order chi connectivity index (χ1) is 12.1. The lowest BCUT2D eigenvalue weighted by Gasteiger charge is -2.06. The van der Waals surface area contributed by atoms with Gasteiger partial charge in [-0.15, -0.1) is 5.10 Å². The maximum Gasteiger partial charge on any atom is 0.280 e. The Labute approximate surface area is 152 Å². The second-order valence-electron chi connectivity index (χ2n) is 5.29. The summed E-state index contributed by atoms with van der Waals surface area (Å²) < 4.78 is 7.61. The molecule has 0 saturated heterocycles. The third kappa shape index (κ3) is 3.97. The number of nitrogens with two attached hydrogens (primary N) is 1. The van der Waals surface area contributed by atoms with Gasteiger partial charge in [0.1, 0.15) is 5.75 Å². The molecule has 0 aliphatic carbocycles. The zero-order valence-electron chi connectivity index (χ0n) is 13.4. The highest BCUT2D eigenvalue weighted by atomic mass is 79.9. The molecule has 1 heterocycles. The van der Waals surface area contributed by atoms with Gasteiger partial charge in [-0.2, -0.15) is 0 Å². The number of nitrogens with one attached hydrogen (secondary N) is 1. The molecular formula is C17H16BrN5O2. The normalized spacial score (nSPS) is 10.5. The fraction of sp³-hybridized carbons (Fsp3) is 0.118. The number of ether oxygens (including phenoxy) is 1. The van der Waals surface area contributed by atoms with E-state index in [9.17, 15) is 4.79 Å². The molecule has 0 unspecified atom stereocenters. The van der Waals surface area contributed by atoms with E-state index in [0.29, 0.717) is 18.0 Å². The molecule has 1 amide bonds. The quantitative estimate of drug-likeness (QED) is 0.684. The van der Waals surface area contributed by atoms with Gasteiger partial charge in [-0.05, 0) is 29.8 Å². The summed E-state index contributed by atoms with van der Waals surface area (Å²) in [6.45, 7) is 0.429. The molecule has 1 aromatic heterocycles. The third-order valence-corrected chi connectivity index (χ3v) is 4.09. The summed E-state index contributed by atoms with van der Waals surface area (Å²) in [5.41, 5.74) is 7.71. The minimum absolute atomic E-state index is 0.0833. The Morgan fingerprint density at radius 3 is 2.76 bits per heavy atom. The molecule has 3 aromatic rings. The van der Waals surface area contributed by atoms with Gasteiger partial charge >= 0.3 is 0 Å². The Morgan fingerprint density at radius 1 is 1.28 bits per heavy atom. The zero-order valence-corrected chi connectivity index (χ0v) is 15.0. The van der Waals surface area contributed by atoms with E-state index in [-0.39, 0.29) is 11.5 Å². The van der Waals surface area contributed by atoms with Crippen LogP contribution in [0.3, 0.4) is 0 Å². The van der Waals surface area contributed by atoms with Crippen molar-refractivity contribution in [3.8, 4) is 5.75 Å². The molecule has 0 spiro atoms. The maximum absolute atomic E-state index is 12.4. The summed E-state index contributed by atoms with van der Waals surface area (Å²) in [6.07, 6.45) is 0. The van der Waals surface area contributed by atoms with Gasteiger partial charge in [0.05, 0.1) is 13.7 Å². The topological polar surface area (TPSA) is 95.1 Å². The van der Waals surface area contributed by atoms with Crippen molar-refractivity contribution in [3.05, 3.63) is 64.3 Å². The van der Waals surface area contributed by atoms with Crippen LogP contribution < -0.4 is 15.8 Å². The first kappa shape index (κ1) is 17.0. The van der Waals surface area contributed by atoms with Gasteiger partial charge in [-0.3, -0.25) is 4.79 Å². The lowest BCUT2D eigenvalue weighted by molar-refractivity contribution is 0.102. The number of methoxy groups -OCH3 is 1. The minimum atomic E-state index is -0.423. The molecule has 0 saturated carbocycles. The molecule has 7 nitrogen and oxygen atoms in total. The van der Waals surface area contributed by atoms with Crippen molar-refractivity contribution in [1.82, 2.24) is 15.0 Å². The summed E-state index contributed by atoms with van der Waals surface area (Å²) in [5.74, 6) is 0.431. The number of aromatic nitrogens is 3. The first-order valence-corrected chi connectivity index (χ1v) is 8.25. The number of amides is 1. The SMILES string of the molecule is COc1cccc(NC(=O)c2nnn(Cc3ccc(Br)cc3)c2N)c1. The molecular weight excluding hydrogens is 386 g/mol. The number of halogens is 1. The average Bonchev–Trinajstić information content (AvgIpc) is 2.98. The van der Waals surface area contributed by atoms with Crippen LogP contribution in [0.25, 0.3) is 0 Å². The molecule has 8 heteroatoms. The fourth-order valence-electron chi connectivity index (χ4n) is 2.25. The van der Waals surface area contributed by atoms with Crippen LogP contribution in [0.1, 0.15) is 16.1 Å². The van der Waals surface area contributed by atoms with Crippen molar-refractivity contribution in [2.24, 2.45) is 0 Å². The Balaban J connectivity index is 1.75. The summed E-state index contributed by atoms with van der Waals surface area (Å²) in [4.78, 5) is 12.4. The van der Waals surface area contributed by atoms with Crippen molar-refractivity contribution < 1.29 is 9.53 Å². The number of carbonyl (C=O) groups excluding carboxylic acids is 1. The van der Waals surface area contributed by atoms with Crippen LogP contribution in [0, 0.1) is 0 Å². The largest absolute Gasteiger partial charge is 0.497 e. The maximum atomic E-state index is 12.4. The van der Waals surface area contributed by atoms with E-state index in [1.165, 1.54) is 4.68 Å². The highest BCUT2D eigenvalue weighted by Crippen LogP contribution is 2.19. The Hall–Kier alpha value is -2.87. The van der Waals surface area contributed by atoms with Gasteiger partial charge in [0, 0.05) is 16.2 Å². The number of hydrogen-bond donors (Lipinski definition) is 2. The van der Waals surface area contributed by atoms with E-state index >= 15 is 0 Å². The number of rotatable bonds is 5. The van der Waals surface area contributed by atoms with Gasteiger partial charge in [-0.1, -0.05) is 39.3 Å². The lowest BCUT2D eigenvalue weighted by atomic mass is 10.2. The first-order valence-electron chi connectivity index (χ1n) is 7.45. The molecule has 0 bridgehead atoms. The summed E-state index contributed by atoms with van der Waals surface area (Å²) >= 11 is 3.39. The van der Waals surface area contributed by atoms with E-state index in [1.807, 2.05) is 24.3 Å². The minimum Gasteiger partial charge on any atom is -0.497 e. The Bertz CT molecular complexity index is 892. The molecule has 0 fully saturated rings. The van der Waals surface area contributed by atoms with Crippen LogP contribution in [0.15, 0.2) is 53.0 Å². The number of anilines is 2. The van der Waals surface area contributed by atoms with Gasteiger partial charge in [0.2, 0.25) is 0 Å². The lowest BCUT2D eigenvalue weighted by Crippen LogP contribution is -2.15. The van der Waals surface area contributed by atoms with E-state index in [4.69, 9.17) is 10.5 Å². The van der Waals surface area contributed by atoms with Gasteiger partial charge < -0.3 is 15.8 Å². The predicted octanol–water partition coefficient (Wildman–Crippen LogP) is 2.93. The molecule has 128 valence electrons. The van der Waals surface area contributed by atoms with Gasteiger partial charge in [-0.25, -0.2) is 4.68 Å². The number of benzene rings is 2. The van der Waals surface area contributed by atoms with Crippen LogP contribution in [0.2, 0.25) is 0 Å². The molecule has 2 aromatic carbocycles. The van der Waals surface area contributed by atoms with Crippen LogP contribution in [0.4, 0.5) is 11.5 Å². The van der Waals surface area contributed by atoms with Crippen molar-refractivity contribution >= 4 is 33.3 Å². The van der Waals surface area contributed by atoms with Crippen molar-refractivity contribution in [3.63, 3.8) is 0 Å². The second kappa shape index (κ2) is 7.35. The third-order valence-electron chi connectivity index (χ3n) is 3.56. The van der Waals surface area contributed by atoms with Gasteiger partial charge in [0.15, 0.2) is 11.5 Å². The Morgan fingerprint density at radius 2 is 2.04 bits per heavy atom. The fourth-order valence-corrected chi connectivity index (χ4v) is 2.52. The van der Waals surface area contributed by atoms with Crippen LogP contribution in [0.5, 0.6) is 5.75 Å². The van der Waals surface area contributed by atoms with E-state index in [2.05, 4.69) is 31.6 Å².